The van der Waals surface area contributed by atoms with Crippen LogP contribution >= 0.6 is 0 Å². The fourth-order valence-electron chi connectivity index (χ4n) is 3.38. The van der Waals surface area contributed by atoms with E-state index in [2.05, 4.69) is 9.98 Å². The smallest absolute Gasteiger partial charge is 0.445 e. The second-order valence-electron chi connectivity index (χ2n) is 8.42. The first-order valence-electron chi connectivity index (χ1n) is 10.4. The summed E-state index contributed by atoms with van der Waals surface area (Å²) in [5.41, 5.74) is -1.00. The van der Waals surface area contributed by atoms with Crippen molar-refractivity contribution in [3.63, 3.8) is 0 Å². The summed E-state index contributed by atoms with van der Waals surface area (Å²) in [6, 6.07) is 7.78. The molecule has 174 valence electrons. The molecule has 0 aliphatic carbocycles. The zero-order valence-electron chi connectivity index (χ0n) is 18.9. The van der Waals surface area contributed by atoms with Gasteiger partial charge in [-0.1, -0.05) is 75.0 Å². The molecule has 0 saturated heterocycles. The van der Waals surface area contributed by atoms with Crippen LogP contribution in [0.5, 0.6) is 0 Å². The van der Waals surface area contributed by atoms with Gasteiger partial charge in [0.15, 0.2) is 0 Å². The molecule has 2 rings (SSSR count). The minimum atomic E-state index is -5.32. The Morgan fingerprint density at radius 1 is 0.625 bits per heavy atom. The van der Waals surface area contributed by atoms with Gasteiger partial charge < -0.3 is 25.9 Å². The SMILES string of the molecule is CC(=Nc1c(C(C)C)cccc1[B-](F)(F)F)C(C)=Nc1c(C(C)C)cccc1[B-](F)(F)F. The molecular formula is C22H26B2F6N2-2. The van der Waals surface area contributed by atoms with Crippen LogP contribution in [-0.4, -0.2) is 25.4 Å². The van der Waals surface area contributed by atoms with Gasteiger partial charge >= 0.3 is 14.0 Å². The molecule has 0 saturated carbocycles. The quantitative estimate of drug-likeness (QED) is 0.247. The van der Waals surface area contributed by atoms with Gasteiger partial charge in [0, 0.05) is 11.4 Å². The van der Waals surface area contributed by atoms with Crippen molar-refractivity contribution in [2.75, 3.05) is 0 Å². The van der Waals surface area contributed by atoms with E-state index in [1.54, 1.807) is 39.8 Å². The minimum absolute atomic E-state index is 0.124. The van der Waals surface area contributed by atoms with Crippen LogP contribution < -0.4 is 10.9 Å². The van der Waals surface area contributed by atoms with Gasteiger partial charge in [-0.25, -0.2) is 0 Å². The highest BCUT2D eigenvalue weighted by Gasteiger charge is 2.31. The third kappa shape index (κ3) is 5.84. The van der Waals surface area contributed by atoms with E-state index in [0.29, 0.717) is 11.1 Å². The molecule has 0 spiro atoms. The Kier molecular flexibility index (Phi) is 7.68. The predicted octanol–water partition coefficient (Wildman–Crippen LogP) is 6.93. The molecule has 2 aromatic carbocycles. The van der Waals surface area contributed by atoms with E-state index in [-0.39, 0.29) is 34.6 Å². The maximum atomic E-state index is 13.7. The molecule has 32 heavy (non-hydrogen) atoms. The number of hydrogen-bond donors (Lipinski definition) is 0. The molecule has 0 heterocycles. The first kappa shape index (κ1) is 25.7. The highest BCUT2D eigenvalue weighted by Crippen LogP contribution is 2.31. The van der Waals surface area contributed by atoms with E-state index in [0.717, 1.165) is 12.1 Å². The van der Waals surface area contributed by atoms with Crippen LogP contribution in [0.25, 0.3) is 0 Å². The van der Waals surface area contributed by atoms with E-state index in [9.17, 15) is 25.9 Å². The Hall–Kier alpha value is -2.51. The largest absolute Gasteiger partial charge is 0.511 e. The Labute approximate surface area is 185 Å². The van der Waals surface area contributed by atoms with Gasteiger partial charge in [-0.05, 0) is 36.8 Å². The molecule has 0 unspecified atom stereocenters. The van der Waals surface area contributed by atoms with Gasteiger partial charge in [-0.15, -0.1) is 0 Å². The van der Waals surface area contributed by atoms with Crippen molar-refractivity contribution in [1.82, 2.24) is 0 Å². The summed E-state index contributed by atoms with van der Waals surface area (Å²) < 4.78 is 81.9. The van der Waals surface area contributed by atoms with Crippen LogP contribution in [0, 0.1) is 0 Å². The Balaban J connectivity index is 2.71. The number of aliphatic imine (C=N–C) groups is 2. The van der Waals surface area contributed by atoms with Crippen LogP contribution in [0.4, 0.5) is 37.3 Å². The Bertz CT molecular complexity index is 954. The fourth-order valence-corrected chi connectivity index (χ4v) is 3.38. The van der Waals surface area contributed by atoms with Gasteiger partial charge in [0.1, 0.15) is 0 Å². The highest BCUT2D eigenvalue weighted by atomic mass is 19.4. The third-order valence-electron chi connectivity index (χ3n) is 5.23. The van der Waals surface area contributed by atoms with E-state index in [4.69, 9.17) is 0 Å². The Morgan fingerprint density at radius 3 is 1.19 bits per heavy atom. The minimum Gasteiger partial charge on any atom is -0.445 e. The van der Waals surface area contributed by atoms with Gasteiger partial charge in [-0.3, -0.25) is 9.98 Å². The van der Waals surface area contributed by atoms with Crippen LogP contribution in [0.1, 0.15) is 64.5 Å². The number of rotatable bonds is 7. The zero-order chi connectivity index (χ0) is 24.4. The molecule has 0 bridgehead atoms. The lowest BCUT2D eigenvalue weighted by Gasteiger charge is -2.23. The maximum Gasteiger partial charge on any atom is 0.511 e. The molecule has 0 aliphatic rings. The normalized spacial score (nSPS) is 13.9. The number of para-hydroxylation sites is 2. The van der Waals surface area contributed by atoms with Crippen molar-refractivity contribution >= 4 is 47.7 Å². The summed E-state index contributed by atoms with van der Waals surface area (Å²) in [7, 11) is 0. The average Bonchev–Trinajstić information content (AvgIpc) is 2.66. The topological polar surface area (TPSA) is 24.7 Å². The molecule has 0 aliphatic heterocycles. The summed E-state index contributed by atoms with van der Waals surface area (Å²) in [5, 5.41) is 0. The van der Waals surface area contributed by atoms with Crippen LogP contribution in [0.15, 0.2) is 46.4 Å². The van der Waals surface area contributed by atoms with Crippen LogP contribution in [0.2, 0.25) is 0 Å². The van der Waals surface area contributed by atoms with Gasteiger partial charge in [0.2, 0.25) is 0 Å². The first-order valence-corrected chi connectivity index (χ1v) is 10.4. The van der Waals surface area contributed by atoms with Crippen molar-refractivity contribution in [3.8, 4) is 0 Å². The summed E-state index contributed by atoms with van der Waals surface area (Å²) in [4.78, 5) is 8.43. The summed E-state index contributed by atoms with van der Waals surface area (Å²) in [6.07, 6.45) is 0. The second kappa shape index (κ2) is 9.55. The molecule has 2 aromatic rings. The lowest BCUT2D eigenvalue weighted by Crippen LogP contribution is -2.35. The number of nitrogens with zero attached hydrogens (tertiary/aromatic N) is 2. The molecule has 0 amide bonds. The molecule has 0 fully saturated rings. The zero-order valence-corrected chi connectivity index (χ0v) is 18.9. The lowest BCUT2D eigenvalue weighted by molar-refractivity contribution is 0.499. The van der Waals surface area contributed by atoms with Gasteiger partial charge in [0.05, 0.1) is 11.4 Å². The lowest BCUT2D eigenvalue weighted by atomic mass is 9.76. The molecule has 10 heteroatoms. The van der Waals surface area contributed by atoms with E-state index < -0.39 is 24.9 Å². The summed E-state index contributed by atoms with van der Waals surface area (Å²) >= 11 is 0. The maximum absolute atomic E-state index is 13.7. The van der Waals surface area contributed by atoms with Gasteiger partial charge in [0.25, 0.3) is 0 Å². The second-order valence-corrected chi connectivity index (χ2v) is 8.42. The Morgan fingerprint density at radius 2 is 0.938 bits per heavy atom. The van der Waals surface area contributed by atoms with Crippen LogP contribution in [-0.2, 0) is 0 Å². The molecular weight excluding hydrogens is 428 g/mol. The molecule has 0 aromatic heterocycles. The van der Waals surface area contributed by atoms with Gasteiger partial charge in [-0.2, -0.15) is 0 Å². The number of benzene rings is 2. The predicted molar refractivity (Wildman–Crippen MR) is 124 cm³/mol. The monoisotopic (exact) mass is 454 g/mol. The number of halogens is 6. The van der Waals surface area contributed by atoms with Crippen molar-refractivity contribution in [1.29, 1.82) is 0 Å². The van der Waals surface area contributed by atoms with Crippen LogP contribution in [0.3, 0.4) is 0 Å². The summed E-state index contributed by atoms with van der Waals surface area (Å²) in [6.45, 7) is -0.696. The molecule has 2 nitrogen and oxygen atoms in total. The molecule has 0 radical (unpaired) electrons. The highest BCUT2D eigenvalue weighted by molar-refractivity contribution is 6.75. The number of hydrogen-bond acceptors (Lipinski definition) is 2. The van der Waals surface area contributed by atoms with E-state index in [1.165, 1.54) is 26.0 Å². The van der Waals surface area contributed by atoms with Crippen molar-refractivity contribution in [3.05, 3.63) is 47.5 Å². The third-order valence-corrected chi connectivity index (χ3v) is 5.23. The first-order chi connectivity index (χ1) is 14.6. The van der Waals surface area contributed by atoms with Crippen molar-refractivity contribution in [2.45, 2.75) is 53.4 Å². The molecule has 0 atom stereocenters. The average molecular weight is 454 g/mol. The van der Waals surface area contributed by atoms with Crippen molar-refractivity contribution in [2.24, 2.45) is 9.98 Å². The summed E-state index contributed by atoms with van der Waals surface area (Å²) in [5.74, 6) is -0.448. The fraction of sp³-hybridized carbons (Fsp3) is 0.364. The van der Waals surface area contributed by atoms with Crippen molar-refractivity contribution < 1.29 is 25.9 Å². The van der Waals surface area contributed by atoms with E-state index >= 15 is 0 Å². The van der Waals surface area contributed by atoms with E-state index in [1.807, 2.05) is 0 Å². The molecule has 0 N–H and O–H groups in total. The standard InChI is InChI=1S/C22H26B2F6N2/c1-13(2)17-9-7-11-19(23(25,26)27)21(17)31-15(5)16(6)32-22-18(14(3)4)10-8-12-20(22)24(28,29)30/h7-14H,1-6H3/q-2.